The number of pyridine rings is 3. The van der Waals surface area contributed by atoms with Crippen LogP contribution in [0, 0.1) is 0 Å². The number of halogens is 2. The molecule has 0 aliphatic heterocycles. The molecule has 172 valence electrons. The Kier molecular flexibility index (Phi) is 4.72. The molecular weight excluding hydrogens is 438 g/mol. The van der Waals surface area contributed by atoms with Gasteiger partial charge in [0.15, 0.2) is 0 Å². The van der Waals surface area contributed by atoms with E-state index in [1.807, 2.05) is 57.7 Å². The maximum Gasteiger partial charge on any atom is 0.267 e. The molecule has 0 aromatic carbocycles. The average molecular weight is 460 g/mol. The number of hydrogen-bond acceptors (Lipinski definition) is 5. The van der Waals surface area contributed by atoms with Crippen LogP contribution in [0.2, 0.25) is 0 Å². The lowest BCUT2D eigenvalue weighted by molar-refractivity contribution is -0.000686. The molecule has 0 bridgehead atoms. The predicted octanol–water partition coefficient (Wildman–Crippen LogP) is 5.32. The Morgan fingerprint density at radius 2 is 2.03 bits per heavy atom. The smallest absolute Gasteiger partial charge is 0.267 e. The molecule has 0 saturated heterocycles. The maximum atomic E-state index is 14.1. The normalized spacial score (nSPS) is 17.4. The summed E-state index contributed by atoms with van der Waals surface area (Å²) in [6.45, 7) is 0. The maximum absolute atomic E-state index is 14.1. The van der Waals surface area contributed by atoms with Crippen molar-refractivity contribution in [3.8, 4) is 28.3 Å². The van der Waals surface area contributed by atoms with Crippen molar-refractivity contribution >= 4 is 17.0 Å². The lowest BCUT2D eigenvalue weighted by atomic mass is 10.1. The van der Waals surface area contributed by atoms with E-state index < -0.39 is 12.0 Å². The largest absolute Gasteiger partial charge is 0.496 e. The zero-order valence-electron chi connectivity index (χ0n) is 18.4. The summed E-state index contributed by atoms with van der Waals surface area (Å²) in [7, 11) is 1.63. The summed E-state index contributed by atoms with van der Waals surface area (Å²) >= 11 is 0. The van der Waals surface area contributed by atoms with Crippen LogP contribution in [0.5, 0.6) is 5.75 Å². The number of alkyl halides is 2. The number of nitrogens with one attached hydrogen (secondary N) is 1. The Balaban J connectivity index is 1.44. The highest BCUT2D eigenvalue weighted by Gasteiger charge is 2.43. The number of ether oxygens (including phenoxy) is 1. The number of nitrogens with zero attached hydrogens (tertiary/aromatic N) is 5. The number of fused-ring (bicyclic) bond motifs is 2. The molecule has 9 heteroatoms. The second kappa shape index (κ2) is 7.79. The Hall–Kier alpha value is -4.01. The highest BCUT2D eigenvalue weighted by molar-refractivity contribution is 5.84. The van der Waals surface area contributed by atoms with Crippen molar-refractivity contribution in [2.24, 2.45) is 0 Å². The molecule has 1 atom stereocenters. The van der Waals surface area contributed by atoms with Crippen LogP contribution in [0.3, 0.4) is 0 Å². The minimum Gasteiger partial charge on any atom is -0.496 e. The number of hydrogen-bond donors (Lipinski definition) is 1. The van der Waals surface area contributed by atoms with E-state index in [0.717, 1.165) is 22.3 Å². The van der Waals surface area contributed by atoms with E-state index in [9.17, 15) is 8.78 Å². The third-order valence-corrected chi connectivity index (χ3v) is 6.39. The van der Waals surface area contributed by atoms with Crippen molar-refractivity contribution in [1.82, 2.24) is 24.0 Å². The highest BCUT2D eigenvalue weighted by atomic mass is 19.3. The average Bonchev–Trinajstić information content (AvgIpc) is 3.55. The van der Waals surface area contributed by atoms with Gasteiger partial charge in [0.05, 0.1) is 42.4 Å². The number of aromatic nitrogens is 5. The summed E-state index contributed by atoms with van der Waals surface area (Å²) in [5.74, 6) is -1.62. The molecule has 7 nitrogen and oxygen atoms in total. The zero-order chi connectivity index (χ0) is 23.3. The van der Waals surface area contributed by atoms with E-state index in [-0.39, 0.29) is 6.42 Å². The van der Waals surface area contributed by atoms with Crippen LogP contribution in [0.1, 0.15) is 19.3 Å². The molecule has 0 amide bonds. The molecule has 1 fully saturated rings. The SMILES string of the molecule is COc1cc2ncc(-c3cccc(NC4CCCC4(F)F)n3)n2cc1-c1cnn2ccccc12. The van der Waals surface area contributed by atoms with Crippen molar-refractivity contribution in [2.75, 3.05) is 12.4 Å². The van der Waals surface area contributed by atoms with Crippen LogP contribution in [0.4, 0.5) is 14.6 Å². The zero-order valence-corrected chi connectivity index (χ0v) is 18.4. The van der Waals surface area contributed by atoms with Gasteiger partial charge in [-0.1, -0.05) is 12.1 Å². The second-order valence-electron chi connectivity index (χ2n) is 8.47. The molecule has 5 aromatic rings. The summed E-state index contributed by atoms with van der Waals surface area (Å²) in [5, 5.41) is 7.38. The van der Waals surface area contributed by atoms with Crippen molar-refractivity contribution in [3.63, 3.8) is 0 Å². The quantitative estimate of drug-likeness (QED) is 0.385. The number of anilines is 1. The van der Waals surface area contributed by atoms with Gasteiger partial charge >= 0.3 is 0 Å². The highest BCUT2D eigenvalue weighted by Crippen LogP contribution is 2.37. The minimum atomic E-state index is -2.72. The topological polar surface area (TPSA) is 68.8 Å². The molecule has 0 radical (unpaired) electrons. The lowest BCUT2D eigenvalue weighted by Gasteiger charge is -2.21. The van der Waals surface area contributed by atoms with Crippen LogP contribution in [-0.4, -0.2) is 43.1 Å². The van der Waals surface area contributed by atoms with E-state index >= 15 is 0 Å². The second-order valence-corrected chi connectivity index (χ2v) is 8.47. The van der Waals surface area contributed by atoms with Crippen LogP contribution < -0.4 is 10.1 Å². The van der Waals surface area contributed by atoms with Crippen molar-refractivity contribution in [1.29, 1.82) is 0 Å². The summed E-state index contributed by atoms with van der Waals surface area (Å²) in [6, 6.07) is 12.2. The first-order valence-corrected chi connectivity index (χ1v) is 11.1. The fourth-order valence-corrected chi connectivity index (χ4v) is 4.65. The predicted molar refractivity (Wildman–Crippen MR) is 125 cm³/mol. The van der Waals surface area contributed by atoms with Gasteiger partial charge in [0, 0.05) is 36.0 Å². The molecular formula is C25H22F2N6O. The monoisotopic (exact) mass is 460 g/mol. The van der Waals surface area contributed by atoms with Crippen LogP contribution in [0.15, 0.2) is 67.3 Å². The Labute approximate surface area is 194 Å². The summed E-state index contributed by atoms with van der Waals surface area (Å²) in [5.41, 5.74) is 4.80. The molecule has 1 aliphatic carbocycles. The fraction of sp³-hybridized carbons (Fsp3) is 0.240. The third kappa shape index (κ3) is 3.35. The molecule has 1 saturated carbocycles. The molecule has 5 heterocycles. The van der Waals surface area contributed by atoms with Crippen molar-refractivity contribution in [3.05, 3.63) is 67.3 Å². The summed E-state index contributed by atoms with van der Waals surface area (Å²) < 4.78 is 37.6. The van der Waals surface area contributed by atoms with E-state index in [0.29, 0.717) is 35.8 Å². The van der Waals surface area contributed by atoms with Gasteiger partial charge in [-0.05, 0) is 37.1 Å². The fourth-order valence-electron chi connectivity index (χ4n) is 4.65. The summed E-state index contributed by atoms with van der Waals surface area (Å²) in [4.78, 5) is 9.15. The molecule has 6 rings (SSSR count). The van der Waals surface area contributed by atoms with E-state index in [4.69, 9.17) is 4.74 Å². The van der Waals surface area contributed by atoms with E-state index in [1.54, 1.807) is 25.6 Å². The van der Waals surface area contributed by atoms with Gasteiger partial charge in [0.25, 0.3) is 5.92 Å². The molecule has 1 N–H and O–H groups in total. The lowest BCUT2D eigenvalue weighted by Crippen LogP contribution is -2.34. The van der Waals surface area contributed by atoms with Gasteiger partial charge in [0.1, 0.15) is 17.2 Å². The van der Waals surface area contributed by atoms with Gasteiger partial charge in [0.2, 0.25) is 0 Å². The first-order chi connectivity index (χ1) is 16.5. The van der Waals surface area contributed by atoms with E-state index in [1.165, 1.54) is 0 Å². The minimum absolute atomic E-state index is 0.0915. The van der Waals surface area contributed by atoms with Gasteiger partial charge in [-0.25, -0.2) is 23.3 Å². The van der Waals surface area contributed by atoms with Crippen molar-refractivity contribution < 1.29 is 13.5 Å². The molecule has 0 spiro atoms. The summed E-state index contributed by atoms with van der Waals surface area (Å²) in [6.07, 6.45) is 8.22. The van der Waals surface area contributed by atoms with Crippen LogP contribution in [-0.2, 0) is 0 Å². The van der Waals surface area contributed by atoms with Crippen LogP contribution >= 0.6 is 0 Å². The molecule has 5 aromatic heterocycles. The van der Waals surface area contributed by atoms with E-state index in [2.05, 4.69) is 20.4 Å². The van der Waals surface area contributed by atoms with Crippen molar-refractivity contribution in [2.45, 2.75) is 31.2 Å². The van der Waals surface area contributed by atoms with Gasteiger partial charge in [-0.2, -0.15) is 5.10 Å². The number of methoxy groups -OCH3 is 1. The number of imidazole rings is 1. The van der Waals surface area contributed by atoms with Crippen LogP contribution in [0.25, 0.3) is 33.7 Å². The Morgan fingerprint density at radius 3 is 2.85 bits per heavy atom. The Bertz CT molecular complexity index is 1510. The Morgan fingerprint density at radius 1 is 1.12 bits per heavy atom. The number of rotatable bonds is 5. The standard InChI is InChI=1S/C25H22F2N6O/c1-34-21-12-24-28-14-20(18-6-4-9-23(30-18)31-22-8-5-10-25(22,26)27)32(24)15-17(21)16-13-29-33-11-3-2-7-19(16)33/h2-4,6-7,9,11-15,22H,5,8,10H2,1H3,(H,30,31). The molecule has 34 heavy (non-hydrogen) atoms. The molecule has 1 aliphatic rings. The third-order valence-electron chi connectivity index (χ3n) is 6.39. The first kappa shape index (κ1) is 20.6. The van der Waals surface area contributed by atoms with Gasteiger partial charge in [-0.3, -0.25) is 4.40 Å². The van der Waals surface area contributed by atoms with Gasteiger partial charge in [-0.15, -0.1) is 0 Å². The molecule has 1 unspecified atom stereocenters. The first-order valence-electron chi connectivity index (χ1n) is 11.1. The van der Waals surface area contributed by atoms with Gasteiger partial charge < -0.3 is 10.1 Å².